The van der Waals surface area contributed by atoms with Gasteiger partial charge in [-0.2, -0.15) is 0 Å². The second-order valence-electron chi connectivity index (χ2n) is 8.38. The largest absolute Gasteiger partial charge is 0.505 e. The van der Waals surface area contributed by atoms with E-state index in [-0.39, 0.29) is 11.7 Å². The highest BCUT2D eigenvalue weighted by Gasteiger charge is 2.39. The summed E-state index contributed by atoms with van der Waals surface area (Å²) in [4.78, 5) is 14.0. The average Bonchev–Trinajstić information content (AvgIpc) is 2.93. The number of aliphatic hydroxyl groups is 1. The van der Waals surface area contributed by atoms with Crippen LogP contribution in [0.15, 0.2) is 127 Å². The van der Waals surface area contributed by atoms with Crippen molar-refractivity contribution >= 4 is 29.0 Å². The first-order valence-corrected chi connectivity index (χ1v) is 11.5. The number of carbonyl (C=O) groups excluding carboxylic acids is 1. The van der Waals surface area contributed by atoms with Crippen LogP contribution in [-0.2, 0) is 0 Å². The van der Waals surface area contributed by atoms with Crippen LogP contribution < -0.4 is 0 Å². The quantitative estimate of drug-likeness (QED) is 0.369. The lowest BCUT2D eigenvalue weighted by atomic mass is 9.90. The number of aliphatic hydroxyl groups excluding tert-OH is 1. The summed E-state index contributed by atoms with van der Waals surface area (Å²) in [5.41, 5.74) is 5.99. The van der Waals surface area contributed by atoms with Crippen LogP contribution >= 0.6 is 0 Å². The third-order valence-electron chi connectivity index (χ3n) is 6.29. The zero-order valence-electron chi connectivity index (χ0n) is 18.9. The second kappa shape index (κ2) is 8.50. The van der Waals surface area contributed by atoms with Gasteiger partial charge in [-0.25, -0.2) is 5.01 Å². The van der Waals surface area contributed by atoms with Gasteiger partial charge in [0.25, 0.3) is 5.91 Å². The Bertz CT molecular complexity index is 1500. The minimum Gasteiger partial charge on any atom is -0.505 e. The average molecular weight is 455 g/mol. The maximum Gasteiger partial charge on any atom is 0.277 e. The van der Waals surface area contributed by atoms with Crippen LogP contribution in [0.3, 0.4) is 0 Å². The lowest BCUT2D eigenvalue weighted by Crippen LogP contribution is -2.45. The number of nitrogens with zero attached hydrogens (tertiary/aromatic N) is 2. The van der Waals surface area contributed by atoms with Crippen LogP contribution in [0.5, 0.6) is 0 Å². The van der Waals surface area contributed by atoms with Gasteiger partial charge in [-0.05, 0) is 29.3 Å². The molecule has 1 N–H and O–H groups in total. The van der Waals surface area contributed by atoms with E-state index in [1.54, 1.807) is 17.1 Å². The first-order chi connectivity index (χ1) is 17.2. The van der Waals surface area contributed by atoms with Crippen molar-refractivity contribution in [2.45, 2.75) is 0 Å². The van der Waals surface area contributed by atoms with Gasteiger partial charge in [0.1, 0.15) is 5.70 Å². The Balaban J connectivity index is 1.69. The van der Waals surface area contributed by atoms with Gasteiger partial charge in [-0.3, -0.25) is 9.80 Å². The molecule has 4 nitrogen and oxygen atoms in total. The van der Waals surface area contributed by atoms with Crippen LogP contribution in [0.25, 0.3) is 23.0 Å². The maximum absolute atomic E-state index is 14.0. The third kappa shape index (κ3) is 3.44. The van der Waals surface area contributed by atoms with E-state index in [9.17, 15) is 9.90 Å². The normalized spacial score (nSPS) is 14.6. The first kappa shape index (κ1) is 20.8. The molecule has 2 aliphatic rings. The van der Waals surface area contributed by atoms with Crippen molar-refractivity contribution < 1.29 is 9.90 Å². The number of allylic oxidation sites excluding steroid dienone is 1. The number of hydrogen-bond acceptors (Lipinski definition) is 3. The summed E-state index contributed by atoms with van der Waals surface area (Å²) in [5, 5.41) is 15.4. The monoisotopic (exact) mass is 454 g/mol. The minimum atomic E-state index is -0.232. The molecule has 0 bridgehead atoms. The van der Waals surface area contributed by atoms with Crippen molar-refractivity contribution in [3.8, 4) is 0 Å². The summed E-state index contributed by atoms with van der Waals surface area (Å²) in [5.74, 6) is -0.173. The van der Waals surface area contributed by atoms with Gasteiger partial charge in [0.15, 0.2) is 5.76 Å². The fraction of sp³-hybridized carbons (Fsp3) is 0. The molecule has 0 aliphatic carbocycles. The number of hydrazine groups is 1. The molecule has 2 heterocycles. The first-order valence-electron chi connectivity index (χ1n) is 11.5. The molecule has 4 heteroatoms. The van der Waals surface area contributed by atoms with E-state index < -0.39 is 0 Å². The molecular formula is C31H22N2O2. The van der Waals surface area contributed by atoms with Crippen LogP contribution in [0.4, 0.5) is 0 Å². The summed E-state index contributed by atoms with van der Waals surface area (Å²) >= 11 is 0. The fourth-order valence-corrected chi connectivity index (χ4v) is 4.70. The van der Waals surface area contributed by atoms with Gasteiger partial charge in [0.05, 0.1) is 11.3 Å². The molecule has 0 fully saturated rings. The van der Waals surface area contributed by atoms with E-state index in [2.05, 4.69) is 0 Å². The summed E-state index contributed by atoms with van der Waals surface area (Å²) < 4.78 is 0. The highest BCUT2D eigenvalue weighted by Crippen LogP contribution is 2.47. The van der Waals surface area contributed by atoms with Gasteiger partial charge in [-0.15, -0.1) is 0 Å². The van der Waals surface area contributed by atoms with Crippen LogP contribution in [0.2, 0.25) is 0 Å². The third-order valence-corrected chi connectivity index (χ3v) is 6.29. The molecule has 2 aliphatic heterocycles. The molecule has 0 saturated heterocycles. The van der Waals surface area contributed by atoms with Gasteiger partial charge >= 0.3 is 0 Å². The molecule has 0 unspecified atom stereocenters. The molecule has 0 radical (unpaired) electrons. The van der Waals surface area contributed by atoms with Gasteiger partial charge in [-0.1, -0.05) is 103 Å². The number of benzene rings is 4. The number of carbonyl (C=O) groups is 1. The van der Waals surface area contributed by atoms with Crippen LogP contribution in [-0.4, -0.2) is 21.0 Å². The zero-order chi connectivity index (χ0) is 23.8. The highest BCUT2D eigenvalue weighted by atomic mass is 16.3. The second-order valence-corrected chi connectivity index (χ2v) is 8.38. The molecule has 6 rings (SSSR count). The minimum absolute atomic E-state index is 0.0584. The Morgan fingerprint density at radius 2 is 1.20 bits per heavy atom. The van der Waals surface area contributed by atoms with Crippen LogP contribution in [0.1, 0.15) is 32.6 Å². The van der Waals surface area contributed by atoms with E-state index in [1.165, 1.54) is 0 Å². The van der Waals surface area contributed by atoms with E-state index in [4.69, 9.17) is 0 Å². The maximum atomic E-state index is 14.0. The summed E-state index contributed by atoms with van der Waals surface area (Å²) in [7, 11) is 0. The number of amides is 1. The van der Waals surface area contributed by atoms with Crippen LogP contribution in [0, 0.1) is 0 Å². The van der Waals surface area contributed by atoms with Gasteiger partial charge < -0.3 is 5.11 Å². The van der Waals surface area contributed by atoms with E-state index in [0.717, 1.165) is 28.0 Å². The predicted molar refractivity (Wildman–Crippen MR) is 139 cm³/mol. The molecule has 1 amide bonds. The van der Waals surface area contributed by atoms with Crippen molar-refractivity contribution in [2.75, 3.05) is 0 Å². The fourth-order valence-electron chi connectivity index (χ4n) is 4.70. The number of rotatable bonds is 3. The van der Waals surface area contributed by atoms with Crippen molar-refractivity contribution in [1.82, 2.24) is 10.0 Å². The summed E-state index contributed by atoms with van der Waals surface area (Å²) in [6, 6.07) is 36.5. The van der Waals surface area contributed by atoms with Gasteiger partial charge in [0, 0.05) is 22.9 Å². The van der Waals surface area contributed by atoms with E-state index >= 15 is 0 Å². The SMILES string of the molecule is O=C(c1ccccc1)N1C(c2ccccc2)=C(O)C(c2ccccc2)=C2c3ccccc3C=CN21. The smallest absolute Gasteiger partial charge is 0.277 e. The standard InChI is InChI=1S/C31H22N2O2/c34-30-27(23-13-4-1-5-14-23)29-26-19-11-10-12-22(26)20-21-32(29)33(28(30)24-15-6-2-7-16-24)31(35)25-17-8-3-9-18-25/h1-21,34H. The topological polar surface area (TPSA) is 43.8 Å². The summed E-state index contributed by atoms with van der Waals surface area (Å²) in [6.45, 7) is 0. The lowest BCUT2D eigenvalue weighted by Gasteiger charge is -2.43. The van der Waals surface area contributed by atoms with Crippen molar-refractivity contribution in [2.24, 2.45) is 0 Å². The molecule has 0 saturated carbocycles. The van der Waals surface area contributed by atoms with Crippen molar-refractivity contribution in [3.05, 3.63) is 155 Å². The van der Waals surface area contributed by atoms with Gasteiger partial charge in [0.2, 0.25) is 0 Å². The Morgan fingerprint density at radius 1 is 0.629 bits per heavy atom. The van der Waals surface area contributed by atoms with E-state index in [1.807, 2.05) is 120 Å². The lowest BCUT2D eigenvalue weighted by molar-refractivity contribution is 0.0615. The molecule has 4 aromatic carbocycles. The molecule has 4 aromatic rings. The van der Waals surface area contributed by atoms with Crippen molar-refractivity contribution in [1.29, 1.82) is 0 Å². The summed E-state index contributed by atoms with van der Waals surface area (Å²) in [6.07, 6.45) is 3.90. The van der Waals surface area contributed by atoms with Crippen molar-refractivity contribution in [3.63, 3.8) is 0 Å². The Kier molecular flexibility index (Phi) is 5.04. The number of hydrogen-bond donors (Lipinski definition) is 1. The molecule has 0 aromatic heterocycles. The Hall–Kier alpha value is -4.83. The van der Waals surface area contributed by atoms with E-state index in [0.29, 0.717) is 16.8 Å². The molecular weight excluding hydrogens is 432 g/mol. The predicted octanol–water partition coefficient (Wildman–Crippen LogP) is 6.84. The Morgan fingerprint density at radius 3 is 1.89 bits per heavy atom. The highest BCUT2D eigenvalue weighted by molar-refractivity contribution is 6.09. The Labute approximate surface area is 204 Å². The number of fused-ring (bicyclic) bond motifs is 3. The molecule has 0 atom stereocenters. The molecule has 168 valence electrons. The molecule has 35 heavy (non-hydrogen) atoms. The zero-order valence-corrected chi connectivity index (χ0v) is 18.9. The molecule has 0 spiro atoms.